The summed E-state index contributed by atoms with van der Waals surface area (Å²) in [6, 6.07) is 8.73. The van der Waals surface area contributed by atoms with Crippen LogP contribution >= 0.6 is 0 Å². The summed E-state index contributed by atoms with van der Waals surface area (Å²) < 4.78 is 0. The van der Waals surface area contributed by atoms with Crippen LogP contribution < -0.4 is 5.43 Å². The summed E-state index contributed by atoms with van der Waals surface area (Å²) in [5.74, 6) is -0.839. The molecular formula is C11H12N2O2. The Morgan fingerprint density at radius 1 is 1.27 bits per heavy atom. The predicted molar refractivity (Wildman–Crippen MR) is 54.7 cm³/mol. The van der Waals surface area contributed by atoms with Gasteiger partial charge in [0, 0.05) is 6.54 Å². The molecule has 1 amide bonds. The number of hydrogen-bond acceptors (Lipinski definition) is 3. The van der Waals surface area contributed by atoms with E-state index in [9.17, 15) is 9.59 Å². The standard InChI is InChI=1S/C11H12N2O2/c1-2-13-11(15)10(14)9(12-13)8-6-4-3-5-7-8/h3-7,9,12H,2H2,1H3. The Labute approximate surface area is 87.9 Å². The normalized spacial score (nSPS) is 21.1. The highest BCUT2D eigenvalue weighted by Gasteiger charge is 2.38. The zero-order chi connectivity index (χ0) is 10.8. The highest BCUT2D eigenvalue weighted by molar-refractivity contribution is 6.39. The lowest BCUT2D eigenvalue weighted by atomic mass is 10.0. The molecule has 1 aliphatic heterocycles. The van der Waals surface area contributed by atoms with E-state index >= 15 is 0 Å². The molecule has 78 valence electrons. The number of carbonyl (C=O) groups excluding carboxylic acids is 2. The molecule has 0 bridgehead atoms. The molecule has 0 radical (unpaired) electrons. The van der Waals surface area contributed by atoms with Gasteiger partial charge in [0.2, 0.25) is 5.78 Å². The Hall–Kier alpha value is -1.68. The third kappa shape index (κ3) is 1.64. The van der Waals surface area contributed by atoms with Crippen molar-refractivity contribution in [1.29, 1.82) is 0 Å². The van der Waals surface area contributed by atoms with Crippen molar-refractivity contribution in [2.24, 2.45) is 0 Å². The summed E-state index contributed by atoms with van der Waals surface area (Å²) in [6.45, 7) is 2.32. The van der Waals surface area contributed by atoms with Crippen LogP contribution in [-0.2, 0) is 9.59 Å². The molecule has 0 saturated carbocycles. The first-order chi connectivity index (χ1) is 7.24. The second kappa shape index (κ2) is 3.82. The van der Waals surface area contributed by atoms with Crippen molar-refractivity contribution in [2.75, 3.05) is 6.54 Å². The number of hydrogen-bond donors (Lipinski definition) is 1. The fraction of sp³-hybridized carbons (Fsp3) is 0.273. The van der Waals surface area contributed by atoms with E-state index < -0.39 is 11.9 Å². The van der Waals surface area contributed by atoms with Crippen molar-refractivity contribution < 1.29 is 9.59 Å². The third-order valence-electron chi connectivity index (χ3n) is 2.45. The van der Waals surface area contributed by atoms with Crippen molar-refractivity contribution in [1.82, 2.24) is 10.4 Å². The predicted octanol–water partition coefficient (Wildman–Crippen LogP) is 0.663. The minimum Gasteiger partial charge on any atom is -0.286 e. The molecule has 0 spiro atoms. The molecule has 1 N–H and O–H groups in total. The zero-order valence-electron chi connectivity index (χ0n) is 8.43. The minimum absolute atomic E-state index is 0.386. The number of ketones is 1. The Morgan fingerprint density at radius 2 is 1.93 bits per heavy atom. The molecule has 1 fully saturated rings. The molecule has 1 unspecified atom stereocenters. The van der Waals surface area contributed by atoms with E-state index in [-0.39, 0.29) is 5.78 Å². The summed E-state index contributed by atoms with van der Waals surface area (Å²) in [5, 5.41) is 1.35. The number of likely N-dealkylation sites (N-methyl/N-ethyl adjacent to an activating group) is 1. The summed E-state index contributed by atoms with van der Waals surface area (Å²) in [5.41, 5.74) is 3.72. The SMILES string of the molecule is CCN1NC(c2ccccc2)C(=O)C1=O. The maximum atomic E-state index is 11.6. The minimum atomic E-state index is -0.515. The van der Waals surface area contributed by atoms with Gasteiger partial charge in [-0.05, 0) is 12.5 Å². The molecule has 4 heteroatoms. The second-order valence-electron chi connectivity index (χ2n) is 3.39. The Kier molecular flexibility index (Phi) is 2.51. The molecule has 0 aromatic heterocycles. The maximum absolute atomic E-state index is 11.6. The van der Waals surface area contributed by atoms with E-state index in [0.29, 0.717) is 6.54 Å². The summed E-state index contributed by atoms with van der Waals surface area (Å²) in [6.07, 6.45) is 0. The maximum Gasteiger partial charge on any atom is 0.306 e. The first kappa shape index (κ1) is 9.86. The van der Waals surface area contributed by atoms with Crippen LogP contribution in [0.15, 0.2) is 30.3 Å². The van der Waals surface area contributed by atoms with Crippen molar-refractivity contribution >= 4 is 11.7 Å². The van der Waals surface area contributed by atoms with Gasteiger partial charge >= 0.3 is 5.91 Å². The van der Waals surface area contributed by atoms with Crippen LogP contribution in [0.5, 0.6) is 0 Å². The van der Waals surface area contributed by atoms with Gasteiger partial charge in [0.15, 0.2) is 0 Å². The number of carbonyl (C=O) groups is 2. The van der Waals surface area contributed by atoms with E-state index in [4.69, 9.17) is 0 Å². The first-order valence-corrected chi connectivity index (χ1v) is 4.91. The lowest BCUT2D eigenvalue weighted by Crippen LogP contribution is -2.34. The number of nitrogens with one attached hydrogen (secondary N) is 1. The lowest BCUT2D eigenvalue weighted by molar-refractivity contribution is -0.140. The quantitative estimate of drug-likeness (QED) is 0.720. The molecule has 2 rings (SSSR count). The number of hydrazine groups is 1. The third-order valence-corrected chi connectivity index (χ3v) is 2.45. The van der Waals surface area contributed by atoms with Gasteiger partial charge in [-0.15, -0.1) is 0 Å². The molecule has 1 atom stereocenters. The van der Waals surface area contributed by atoms with E-state index in [2.05, 4.69) is 5.43 Å². The van der Waals surface area contributed by atoms with Crippen LogP contribution in [0.25, 0.3) is 0 Å². The Morgan fingerprint density at radius 3 is 2.47 bits per heavy atom. The highest BCUT2D eigenvalue weighted by atomic mass is 16.2. The highest BCUT2D eigenvalue weighted by Crippen LogP contribution is 2.19. The number of nitrogens with zero attached hydrogens (tertiary/aromatic N) is 1. The van der Waals surface area contributed by atoms with Gasteiger partial charge in [0.1, 0.15) is 6.04 Å². The van der Waals surface area contributed by atoms with Crippen LogP contribution in [0, 0.1) is 0 Å². The van der Waals surface area contributed by atoms with Gasteiger partial charge in [0.05, 0.1) is 0 Å². The second-order valence-corrected chi connectivity index (χ2v) is 3.39. The monoisotopic (exact) mass is 204 g/mol. The van der Waals surface area contributed by atoms with E-state index in [1.54, 1.807) is 0 Å². The summed E-state index contributed by atoms with van der Waals surface area (Å²) in [4.78, 5) is 23.1. The first-order valence-electron chi connectivity index (χ1n) is 4.91. The van der Waals surface area contributed by atoms with Gasteiger partial charge in [0.25, 0.3) is 0 Å². The number of amides is 1. The largest absolute Gasteiger partial charge is 0.306 e. The number of benzene rings is 1. The van der Waals surface area contributed by atoms with Crippen LogP contribution in [0.2, 0.25) is 0 Å². The lowest BCUT2D eigenvalue weighted by Gasteiger charge is -2.14. The molecule has 1 aromatic carbocycles. The van der Waals surface area contributed by atoms with Gasteiger partial charge in [-0.25, -0.2) is 5.43 Å². The summed E-state index contributed by atoms with van der Waals surface area (Å²) >= 11 is 0. The molecule has 4 nitrogen and oxygen atoms in total. The molecule has 1 saturated heterocycles. The van der Waals surface area contributed by atoms with Crippen molar-refractivity contribution in [3.05, 3.63) is 35.9 Å². The fourth-order valence-electron chi connectivity index (χ4n) is 1.64. The van der Waals surface area contributed by atoms with Crippen LogP contribution in [-0.4, -0.2) is 23.2 Å². The molecule has 0 aliphatic carbocycles. The smallest absolute Gasteiger partial charge is 0.286 e. The van der Waals surface area contributed by atoms with Gasteiger partial charge in [-0.3, -0.25) is 14.6 Å². The average Bonchev–Trinajstić information content (AvgIpc) is 2.57. The Balaban J connectivity index is 2.26. The Bertz CT molecular complexity index is 389. The molecular weight excluding hydrogens is 192 g/mol. The van der Waals surface area contributed by atoms with Crippen molar-refractivity contribution in [2.45, 2.75) is 13.0 Å². The molecule has 1 aliphatic rings. The molecule has 1 heterocycles. The number of Topliss-reactive ketones (excluding diaryl/α,β-unsaturated/α-hetero) is 1. The van der Waals surface area contributed by atoms with Gasteiger partial charge < -0.3 is 0 Å². The van der Waals surface area contributed by atoms with E-state index in [1.165, 1.54) is 5.01 Å². The van der Waals surface area contributed by atoms with Crippen LogP contribution in [0.4, 0.5) is 0 Å². The average molecular weight is 204 g/mol. The van der Waals surface area contributed by atoms with Crippen LogP contribution in [0.1, 0.15) is 18.5 Å². The van der Waals surface area contributed by atoms with Gasteiger partial charge in [-0.2, -0.15) is 0 Å². The fourth-order valence-corrected chi connectivity index (χ4v) is 1.64. The van der Waals surface area contributed by atoms with Crippen LogP contribution in [0.3, 0.4) is 0 Å². The van der Waals surface area contributed by atoms with E-state index in [1.807, 2.05) is 37.3 Å². The van der Waals surface area contributed by atoms with Crippen molar-refractivity contribution in [3.8, 4) is 0 Å². The van der Waals surface area contributed by atoms with Crippen molar-refractivity contribution in [3.63, 3.8) is 0 Å². The van der Waals surface area contributed by atoms with E-state index in [0.717, 1.165) is 5.56 Å². The number of rotatable bonds is 2. The zero-order valence-corrected chi connectivity index (χ0v) is 8.43. The molecule has 1 aromatic rings. The molecule has 15 heavy (non-hydrogen) atoms. The van der Waals surface area contributed by atoms with Gasteiger partial charge in [-0.1, -0.05) is 30.3 Å². The topological polar surface area (TPSA) is 49.4 Å². The summed E-state index contributed by atoms with van der Waals surface area (Å²) in [7, 11) is 0.